The molecule has 2 heteroatoms. The Balaban J connectivity index is 2.17. The van der Waals surface area contributed by atoms with Gasteiger partial charge >= 0.3 is 5.97 Å². The summed E-state index contributed by atoms with van der Waals surface area (Å²) in [4.78, 5) is 11.6. The molecule has 0 heterocycles. The van der Waals surface area contributed by atoms with Crippen LogP contribution in [0.3, 0.4) is 0 Å². The van der Waals surface area contributed by atoms with Crippen LogP contribution in [0.15, 0.2) is 23.8 Å². The van der Waals surface area contributed by atoms with Crippen LogP contribution in [0.5, 0.6) is 0 Å². The van der Waals surface area contributed by atoms with Gasteiger partial charge in [0.2, 0.25) is 0 Å². The SMILES string of the molecule is C=C(C(=O)OC)[C@@H]1CCC2=CCC[C@H](C)[C@@]2(C)C1. The van der Waals surface area contributed by atoms with E-state index >= 15 is 0 Å². The van der Waals surface area contributed by atoms with Gasteiger partial charge in [0.05, 0.1) is 7.11 Å². The van der Waals surface area contributed by atoms with Gasteiger partial charge in [0.15, 0.2) is 0 Å². The molecule has 0 N–H and O–H groups in total. The Morgan fingerprint density at radius 2 is 2.22 bits per heavy atom. The minimum atomic E-state index is -0.237. The second-order valence-electron chi connectivity index (χ2n) is 6.08. The first-order chi connectivity index (χ1) is 8.49. The van der Waals surface area contributed by atoms with Crippen LogP contribution >= 0.6 is 0 Å². The fourth-order valence-corrected chi connectivity index (χ4v) is 3.63. The summed E-state index contributed by atoms with van der Waals surface area (Å²) in [5.41, 5.74) is 2.53. The number of fused-ring (bicyclic) bond motifs is 1. The third-order valence-electron chi connectivity index (χ3n) is 5.18. The molecule has 0 aromatic heterocycles. The maximum Gasteiger partial charge on any atom is 0.333 e. The highest BCUT2D eigenvalue weighted by Crippen LogP contribution is 2.53. The van der Waals surface area contributed by atoms with Crippen LogP contribution in [0.25, 0.3) is 0 Å². The number of carbonyl (C=O) groups is 1. The molecule has 2 rings (SSSR count). The van der Waals surface area contributed by atoms with Gasteiger partial charge in [0, 0.05) is 5.57 Å². The molecule has 0 aromatic carbocycles. The van der Waals surface area contributed by atoms with Gasteiger partial charge < -0.3 is 4.74 Å². The predicted molar refractivity (Wildman–Crippen MR) is 73.1 cm³/mol. The van der Waals surface area contributed by atoms with Crippen molar-refractivity contribution in [1.29, 1.82) is 0 Å². The molecule has 18 heavy (non-hydrogen) atoms. The molecule has 1 saturated carbocycles. The highest BCUT2D eigenvalue weighted by molar-refractivity contribution is 5.88. The molecule has 2 nitrogen and oxygen atoms in total. The number of esters is 1. The predicted octanol–water partition coefficient (Wildman–Crippen LogP) is 3.88. The number of hydrogen-bond acceptors (Lipinski definition) is 2. The number of allylic oxidation sites excluding steroid dienone is 2. The summed E-state index contributed by atoms with van der Waals surface area (Å²) in [7, 11) is 1.44. The van der Waals surface area contributed by atoms with E-state index in [1.54, 1.807) is 5.57 Å². The van der Waals surface area contributed by atoms with E-state index in [4.69, 9.17) is 4.74 Å². The summed E-state index contributed by atoms with van der Waals surface area (Å²) in [6.45, 7) is 8.65. The van der Waals surface area contributed by atoms with Crippen LogP contribution in [-0.4, -0.2) is 13.1 Å². The van der Waals surface area contributed by atoms with Gasteiger partial charge in [-0.3, -0.25) is 0 Å². The Labute approximate surface area is 110 Å². The van der Waals surface area contributed by atoms with Crippen molar-refractivity contribution in [3.8, 4) is 0 Å². The van der Waals surface area contributed by atoms with Gasteiger partial charge in [-0.25, -0.2) is 4.79 Å². The van der Waals surface area contributed by atoms with Crippen LogP contribution < -0.4 is 0 Å². The van der Waals surface area contributed by atoms with Crippen LogP contribution in [0, 0.1) is 17.3 Å². The smallest absolute Gasteiger partial charge is 0.333 e. The molecule has 0 aliphatic heterocycles. The van der Waals surface area contributed by atoms with Crippen molar-refractivity contribution in [2.75, 3.05) is 7.11 Å². The zero-order chi connectivity index (χ0) is 13.3. The average molecular weight is 248 g/mol. The van der Waals surface area contributed by atoms with E-state index in [0.29, 0.717) is 17.4 Å². The molecular weight excluding hydrogens is 224 g/mol. The second kappa shape index (κ2) is 4.91. The Morgan fingerprint density at radius 1 is 1.50 bits per heavy atom. The van der Waals surface area contributed by atoms with E-state index in [1.165, 1.54) is 20.0 Å². The molecule has 0 amide bonds. The van der Waals surface area contributed by atoms with Gasteiger partial charge in [0.1, 0.15) is 0 Å². The minimum absolute atomic E-state index is 0.237. The molecule has 3 atom stereocenters. The van der Waals surface area contributed by atoms with Crippen molar-refractivity contribution >= 4 is 5.97 Å². The molecule has 2 aliphatic rings. The van der Waals surface area contributed by atoms with E-state index in [1.807, 2.05) is 0 Å². The fourth-order valence-electron chi connectivity index (χ4n) is 3.63. The lowest BCUT2D eigenvalue weighted by Crippen LogP contribution is -2.37. The molecule has 0 radical (unpaired) electrons. The standard InChI is InChI=1S/C16H24O2/c1-11-6-5-7-14-9-8-13(10-16(11,14)3)12(2)15(17)18-4/h7,11,13H,2,5-6,8-10H2,1,3-4H3/t11-,13+,16+/m0/s1. The number of rotatable bonds is 2. The zero-order valence-electron chi connectivity index (χ0n) is 11.8. The molecule has 0 spiro atoms. The summed E-state index contributed by atoms with van der Waals surface area (Å²) >= 11 is 0. The lowest BCUT2D eigenvalue weighted by Gasteiger charge is -2.47. The Morgan fingerprint density at radius 3 is 2.89 bits per heavy atom. The normalized spacial score (nSPS) is 35.4. The van der Waals surface area contributed by atoms with Gasteiger partial charge in [-0.1, -0.05) is 32.1 Å². The van der Waals surface area contributed by atoms with E-state index in [0.717, 1.165) is 19.3 Å². The van der Waals surface area contributed by atoms with Crippen molar-refractivity contribution < 1.29 is 9.53 Å². The summed E-state index contributed by atoms with van der Waals surface area (Å²) in [6.07, 6.45) is 8.11. The van der Waals surface area contributed by atoms with Crippen molar-refractivity contribution in [3.05, 3.63) is 23.8 Å². The fraction of sp³-hybridized carbons (Fsp3) is 0.688. The topological polar surface area (TPSA) is 26.3 Å². The number of hydrogen-bond donors (Lipinski definition) is 0. The lowest BCUT2D eigenvalue weighted by atomic mass is 9.57. The third-order valence-corrected chi connectivity index (χ3v) is 5.18. The molecule has 0 aromatic rings. The number of methoxy groups -OCH3 is 1. The summed E-state index contributed by atoms with van der Waals surface area (Å²) in [6, 6.07) is 0. The summed E-state index contributed by atoms with van der Waals surface area (Å²) in [5.74, 6) is 0.755. The second-order valence-corrected chi connectivity index (χ2v) is 6.08. The molecule has 100 valence electrons. The van der Waals surface area contributed by atoms with E-state index in [-0.39, 0.29) is 11.4 Å². The Bertz CT molecular complexity index is 394. The molecule has 0 bridgehead atoms. The van der Waals surface area contributed by atoms with Gasteiger partial charge in [-0.15, -0.1) is 0 Å². The van der Waals surface area contributed by atoms with Gasteiger partial charge in [-0.05, 0) is 49.4 Å². The van der Waals surface area contributed by atoms with Crippen LogP contribution in [0.1, 0.15) is 46.0 Å². The van der Waals surface area contributed by atoms with Crippen molar-refractivity contribution in [3.63, 3.8) is 0 Å². The van der Waals surface area contributed by atoms with Gasteiger partial charge in [-0.2, -0.15) is 0 Å². The Hall–Kier alpha value is -1.05. The molecule has 0 unspecified atom stereocenters. The monoisotopic (exact) mass is 248 g/mol. The first-order valence-electron chi connectivity index (χ1n) is 6.95. The quantitative estimate of drug-likeness (QED) is 0.421. The van der Waals surface area contributed by atoms with Crippen molar-refractivity contribution in [1.82, 2.24) is 0 Å². The van der Waals surface area contributed by atoms with Crippen LogP contribution in [0.2, 0.25) is 0 Å². The maximum atomic E-state index is 11.6. The van der Waals surface area contributed by atoms with Crippen LogP contribution in [0.4, 0.5) is 0 Å². The van der Waals surface area contributed by atoms with E-state index in [9.17, 15) is 4.79 Å². The molecular formula is C16H24O2. The Kier molecular flexibility index (Phi) is 3.65. The molecule has 0 saturated heterocycles. The van der Waals surface area contributed by atoms with E-state index in [2.05, 4.69) is 26.5 Å². The number of carbonyl (C=O) groups excluding carboxylic acids is 1. The molecule has 1 fully saturated rings. The van der Waals surface area contributed by atoms with Gasteiger partial charge in [0.25, 0.3) is 0 Å². The highest BCUT2D eigenvalue weighted by Gasteiger charge is 2.42. The summed E-state index contributed by atoms with van der Waals surface area (Å²) in [5, 5.41) is 0. The highest BCUT2D eigenvalue weighted by atomic mass is 16.5. The number of ether oxygens (including phenoxy) is 1. The molecule has 2 aliphatic carbocycles. The van der Waals surface area contributed by atoms with E-state index < -0.39 is 0 Å². The average Bonchev–Trinajstić information content (AvgIpc) is 2.37. The minimum Gasteiger partial charge on any atom is -0.466 e. The first-order valence-corrected chi connectivity index (χ1v) is 6.95. The third kappa shape index (κ3) is 2.13. The largest absolute Gasteiger partial charge is 0.466 e. The van der Waals surface area contributed by atoms with Crippen LogP contribution in [-0.2, 0) is 9.53 Å². The first kappa shape index (κ1) is 13.4. The summed E-state index contributed by atoms with van der Waals surface area (Å²) < 4.78 is 4.81. The zero-order valence-corrected chi connectivity index (χ0v) is 11.8. The van der Waals surface area contributed by atoms with Crippen molar-refractivity contribution in [2.45, 2.75) is 46.0 Å². The lowest BCUT2D eigenvalue weighted by molar-refractivity contribution is -0.137. The van der Waals surface area contributed by atoms with Crippen molar-refractivity contribution in [2.24, 2.45) is 17.3 Å². The maximum absolute atomic E-state index is 11.6.